The average Bonchev–Trinajstić information content (AvgIpc) is 2.36. The molecule has 0 aliphatic heterocycles. The van der Waals surface area contributed by atoms with E-state index >= 15 is 0 Å². The molecular formula is C13H20N4O2. The first-order chi connectivity index (χ1) is 8.99. The van der Waals surface area contributed by atoms with Crippen LogP contribution >= 0.6 is 0 Å². The highest BCUT2D eigenvalue weighted by molar-refractivity contribution is 5.83. The van der Waals surface area contributed by atoms with Crippen molar-refractivity contribution in [3.8, 4) is 0 Å². The number of pyridine rings is 1. The molecule has 0 saturated carbocycles. The minimum Gasteiger partial charge on any atom is -0.352 e. The van der Waals surface area contributed by atoms with Gasteiger partial charge in [-0.3, -0.25) is 9.78 Å². The second kappa shape index (κ2) is 7.35. The Bertz CT molecular complexity index is 420. The molecular weight excluding hydrogens is 244 g/mol. The van der Waals surface area contributed by atoms with Crippen LogP contribution in [0.3, 0.4) is 0 Å². The fourth-order valence-corrected chi connectivity index (χ4v) is 1.56. The molecule has 104 valence electrons. The Labute approximate surface area is 113 Å². The molecule has 0 spiro atoms. The predicted octanol–water partition coefficient (Wildman–Crippen LogP) is 0.400. The van der Waals surface area contributed by atoms with Crippen molar-refractivity contribution in [2.24, 2.45) is 0 Å². The number of hydrogen-bond acceptors (Lipinski definition) is 3. The number of nitrogens with one attached hydrogen (secondary N) is 2. The first-order valence-electron chi connectivity index (χ1n) is 6.12. The Kier molecular flexibility index (Phi) is 5.78. The summed E-state index contributed by atoms with van der Waals surface area (Å²) >= 11 is 0. The normalized spacial score (nSPS) is 11.5. The second-order valence-electron chi connectivity index (χ2n) is 4.58. The summed E-state index contributed by atoms with van der Waals surface area (Å²) in [6.45, 7) is 1.91. The maximum Gasteiger partial charge on any atom is 0.317 e. The van der Waals surface area contributed by atoms with Crippen LogP contribution in [-0.2, 0) is 11.2 Å². The van der Waals surface area contributed by atoms with E-state index in [0.717, 1.165) is 12.0 Å². The third kappa shape index (κ3) is 5.85. The molecule has 1 aromatic rings. The van der Waals surface area contributed by atoms with Crippen molar-refractivity contribution in [1.29, 1.82) is 0 Å². The Morgan fingerprint density at radius 2 is 1.95 bits per heavy atom. The van der Waals surface area contributed by atoms with Crippen LogP contribution in [0.5, 0.6) is 0 Å². The third-order valence-electron chi connectivity index (χ3n) is 2.50. The highest BCUT2D eigenvalue weighted by Gasteiger charge is 2.10. The van der Waals surface area contributed by atoms with E-state index in [1.165, 1.54) is 4.90 Å². The van der Waals surface area contributed by atoms with Crippen LogP contribution in [0.4, 0.5) is 4.79 Å². The van der Waals surface area contributed by atoms with Crippen LogP contribution in [0.2, 0.25) is 0 Å². The zero-order chi connectivity index (χ0) is 14.3. The molecule has 2 N–H and O–H groups in total. The minimum absolute atomic E-state index is 0.00570. The number of aromatic nitrogens is 1. The molecule has 0 aliphatic carbocycles. The summed E-state index contributed by atoms with van der Waals surface area (Å²) in [4.78, 5) is 28.2. The minimum atomic E-state index is -0.281. The molecule has 6 heteroatoms. The van der Waals surface area contributed by atoms with Crippen molar-refractivity contribution in [2.45, 2.75) is 19.4 Å². The molecule has 1 heterocycles. The van der Waals surface area contributed by atoms with Crippen molar-refractivity contribution in [2.75, 3.05) is 20.6 Å². The van der Waals surface area contributed by atoms with E-state index in [4.69, 9.17) is 0 Å². The first kappa shape index (κ1) is 14.9. The summed E-state index contributed by atoms with van der Waals surface area (Å²) in [5.74, 6) is -0.197. The van der Waals surface area contributed by atoms with Crippen molar-refractivity contribution in [1.82, 2.24) is 20.5 Å². The summed E-state index contributed by atoms with van der Waals surface area (Å²) in [6, 6.07) is 3.55. The maximum atomic E-state index is 11.6. The van der Waals surface area contributed by atoms with Crippen LogP contribution in [-0.4, -0.2) is 48.5 Å². The molecule has 0 radical (unpaired) electrons. The van der Waals surface area contributed by atoms with Gasteiger partial charge in [-0.2, -0.15) is 0 Å². The summed E-state index contributed by atoms with van der Waals surface area (Å²) < 4.78 is 0. The van der Waals surface area contributed by atoms with Crippen molar-refractivity contribution in [3.05, 3.63) is 30.1 Å². The molecule has 1 atom stereocenters. The topological polar surface area (TPSA) is 74.3 Å². The number of rotatable bonds is 5. The lowest BCUT2D eigenvalue weighted by atomic mass is 10.1. The Morgan fingerprint density at radius 1 is 1.32 bits per heavy atom. The fraction of sp³-hybridized carbons (Fsp3) is 0.462. The van der Waals surface area contributed by atoms with Crippen molar-refractivity contribution >= 4 is 11.9 Å². The highest BCUT2D eigenvalue weighted by atomic mass is 16.2. The Hall–Kier alpha value is -2.11. The van der Waals surface area contributed by atoms with E-state index < -0.39 is 0 Å². The molecule has 1 unspecified atom stereocenters. The summed E-state index contributed by atoms with van der Waals surface area (Å²) in [7, 11) is 3.25. The molecule has 0 saturated heterocycles. The quantitative estimate of drug-likeness (QED) is 0.808. The molecule has 0 bridgehead atoms. The molecule has 0 fully saturated rings. The van der Waals surface area contributed by atoms with Crippen LogP contribution in [0.15, 0.2) is 24.5 Å². The van der Waals surface area contributed by atoms with Crippen molar-refractivity contribution < 1.29 is 9.59 Å². The van der Waals surface area contributed by atoms with E-state index in [0.29, 0.717) is 0 Å². The zero-order valence-corrected chi connectivity index (χ0v) is 11.5. The molecule has 0 aliphatic rings. The van der Waals surface area contributed by atoms with E-state index in [-0.39, 0.29) is 24.5 Å². The van der Waals surface area contributed by atoms with Crippen LogP contribution in [0.25, 0.3) is 0 Å². The van der Waals surface area contributed by atoms with Gasteiger partial charge in [0.1, 0.15) is 0 Å². The van der Waals surface area contributed by atoms with Crippen LogP contribution < -0.4 is 10.6 Å². The Morgan fingerprint density at radius 3 is 2.53 bits per heavy atom. The highest BCUT2D eigenvalue weighted by Crippen LogP contribution is 2.00. The van der Waals surface area contributed by atoms with Gasteiger partial charge < -0.3 is 15.5 Å². The fourth-order valence-electron chi connectivity index (χ4n) is 1.56. The van der Waals surface area contributed by atoms with Gasteiger partial charge in [-0.15, -0.1) is 0 Å². The van der Waals surface area contributed by atoms with Gasteiger partial charge in [0.15, 0.2) is 0 Å². The second-order valence-corrected chi connectivity index (χ2v) is 4.58. The third-order valence-corrected chi connectivity index (χ3v) is 2.50. The molecule has 1 aromatic heterocycles. The number of nitrogens with zero attached hydrogens (tertiary/aromatic N) is 2. The smallest absolute Gasteiger partial charge is 0.317 e. The van der Waals surface area contributed by atoms with Gasteiger partial charge in [-0.05, 0) is 31.0 Å². The monoisotopic (exact) mass is 264 g/mol. The van der Waals surface area contributed by atoms with Crippen LogP contribution in [0.1, 0.15) is 12.5 Å². The Balaban J connectivity index is 2.30. The summed E-state index contributed by atoms with van der Waals surface area (Å²) in [5.41, 5.74) is 1.11. The van der Waals surface area contributed by atoms with Gasteiger partial charge in [0, 0.05) is 32.5 Å². The van der Waals surface area contributed by atoms with Gasteiger partial charge in [-0.1, -0.05) is 0 Å². The number of carbonyl (C=O) groups excluding carboxylic acids is 2. The lowest BCUT2D eigenvalue weighted by molar-refractivity contribution is -0.120. The standard InChI is InChI=1S/C13H20N4O2/c1-10(8-11-4-6-14-7-5-11)16-12(18)9-15-13(19)17(2)3/h4-7,10H,8-9H2,1-3H3,(H,15,19)(H,16,18). The lowest BCUT2D eigenvalue weighted by Gasteiger charge is -2.15. The summed E-state index contributed by atoms with van der Waals surface area (Å²) in [5, 5.41) is 5.35. The van der Waals surface area contributed by atoms with Gasteiger partial charge in [0.2, 0.25) is 5.91 Å². The first-order valence-corrected chi connectivity index (χ1v) is 6.12. The number of urea groups is 1. The van der Waals surface area contributed by atoms with Crippen molar-refractivity contribution in [3.63, 3.8) is 0 Å². The number of amides is 3. The zero-order valence-electron chi connectivity index (χ0n) is 11.5. The predicted molar refractivity (Wildman–Crippen MR) is 72.6 cm³/mol. The lowest BCUT2D eigenvalue weighted by Crippen LogP contribution is -2.44. The van der Waals surface area contributed by atoms with Gasteiger partial charge >= 0.3 is 6.03 Å². The van der Waals surface area contributed by atoms with Gasteiger partial charge in [-0.25, -0.2) is 4.79 Å². The maximum absolute atomic E-state index is 11.6. The number of hydrogen-bond donors (Lipinski definition) is 2. The van der Waals surface area contributed by atoms with Crippen LogP contribution in [0, 0.1) is 0 Å². The molecule has 6 nitrogen and oxygen atoms in total. The molecule has 1 rings (SSSR count). The molecule has 3 amide bonds. The van der Waals surface area contributed by atoms with Gasteiger partial charge in [0.05, 0.1) is 6.54 Å². The molecule has 19 heavy (non-hydrogen) atoms. The number of carbonyl (C=O) groups is 2. The van der Waals surface area contributed by atoms with Gasteiger partial charge in [0.25, 0.3) is 0 Å². The average molecular weight is 264 g/mol. The van der Waals surface area contributed by atoms with E-state index in [9.17, 15) is 9.59 Å². The largest absolute Gasteiger partial charge is 0.352 e. The van der Waals surface area contributed by atoms with E-state index in [1.807, 2.05) is 19.1 Å². The summed E-state index contributed by atoms with van der Waals surface area (Å²) in [6.07, 6.45) is 4.18. The van der Waals surface area contributed by atoms with E-state index in [2.05, 4.69) is 15.6 Å². The SMILES string of the molecule is CC(Cc1ccncc1)NC(=O)CNC(=O)N(C)C. The molecule has 0 aromatic carbocycles. The van der Waals surface area contributed by atoms with E-state index in [1.54, 1.807) is 26.5 Å².